The maximum Gasteiger partial charge on any atom is 0.417 e. The molecule has 25 heavy (non-hydrogen) atoms. The average Bonchev–Trinajstić information content (AvgIpc) is 3.17. The number of aromatic nitrogens is 1. The number of alkyl halides is 5. The number of amides is 1. The van der Waals surface area contributed by atoms with Crippen LogP contribution in [0.3, 0.4) is 0 Å². The van der Waals surface area contributed by atoms with Gasteiger partial charge in [-0.3, -0.25) is 9.78 Å². The van der Waals surface area contributed by atoms with Crippen molar-refractivity contribution < 1.29 is 26.7 Å². The molecular formula is C17H13F5N2O. The summed E-state index contributed by atoms with van der Waals surface area (Å²) >= 11 is 0. The number of carbonyl (C=O) groups is 1. The minimum atomic E-state index is -4.48. The molecule has 1 aromatic heterocycles. The molecule has 0 saturated heterocycles. The van der Waals surface area contributed by atoms with E-state index in [1.165, 1.54) is 12.1 Å². The lowest BCUT2D eigenvalue weighted by atomic mass is 10.0. The molecular weight excluding hydrogens is 343 g/mol. The summed E-state index contributed by atoms with van der Waals surface area (Å²) in [6.45, 7) is 1.73. The van der Waals surface area contributed by atoms with E-state index in [9.17, 15) is 26.7 Å². The fraction of sp³-hybridized carbons (Fsp3) is 0.294. The van der Waals surface area contributed by atoms with Crippen LogP contribution in [0, 0.1) is 12.8 Å². The molecule has 0 aliphatic heterocycles. The second-order valence-corrected chi connectivity index (χ2v) is 5.97. The van der Waals surface area contributed by atoms with Gasteiger partial charge >= 0.3 is 6.18 Å². The Morgan fingerprint density at radius 1 is 1.24 bits per heavy atom. The van der Waals surface area contributed by atoms with E-state index >= 15 is 0 Å². The predicted molar refractivity (Wildman–Crippen MR) is 81.1 cm³/mol. The first-order chi connectivity index (χ1) is 11.6. The third kappa shape index (κ3) is 3.62. The van der Waals surface area contributed by atoms with Crippen LogP contribution in [0.1, 0.15) is 17.5 Å². The Morgan fingerprint density at radius 3 is 2.44 bits per heavy atom. The molecule has 1 saturated carbocycles. The molecule has 1 N–H and O–H groups in total. The molecule has 1 amide bonds. The zero-order chi connectivity index (χ0) is 18.4. The van der Waals surface area contributed by atoms with Crippen molar-refractivity contribution in [1.29, 1.82) is 0 Å². The van der Waals surface area contributed by atoms with Gasteiger partial charge in [0.25, 0.3) is 5.92 Å². The van der Waals surface area contributed by atoms with Gasteiger partial charge in [-0.1, -0.05) is 6.07 Å². The lowest BCUT2D eigenvalue weighted by Gasteiger charge is -2.11. The number of hydrogen-bond acceptors (Lipinski definition) is 2. The van der Waals surface area contributed by atoms with Crippen molar-refractivity contribution in [2.45, 2.75) is 25.4 Å². The second kappa shape index (κ2) is 5.79. The number of hydrogen-bond donors (Lipinski definition) is 1. The third-order valence-electron chi connectivity index (χ3n) is 4.01. The number of pyridine rings is 1. The zero-order valence-corrected chi connectivity index (χ0v) is 13.0. The Hall–Kier alpha value is -2.51. The molecule has 8 heteroatoms. The van der Waals surface area contributed by atoms with Crippen LogP contribution in [0.25, 0.3) is 11.3 Å². The summed E-state index contributed by atoms with van der Waals surface area (Å²) in [7, 11) is 0. The van der Waals surface area contributed by atoms with Crippen molar-refractivity contribution in [1.82, 2.24) is 4.98 Å². The van der Waals surface area contributed by atoms with Gasteiger partial charge in [-0.25, -0.2) is 8.78 Å². The highest BCUT2D eigenvalue weighted by Crippen LogP contribution is 2.49. The number of nitrogens with zero attached hydrogens (tertiary/aromatic N) is 1. The summed E-state index contributed by atoms with van der Waals surface area (Å²) in [5.41, 5.74) is 0.943. The Labute approximate surface area is 139 Å². The normalized spacial score (nSPS) is 18.7. The van der Waals surface area contributed by atoms with Crippen molar-refractivity contribution in [2.24, 2.45) is 5.92 Å². The molecule has 1 aliphatic rings. The van der Waals surface area contributed by atoms with Crippen LogP contribution in [0.5, 0.6) is 0 Å². The fourth-order valence-electron chi connectivity index (χ4n) is 2.42. The van der Waals surface area contributed by atoms with E-state index in [2.05, 4.69) is 10.3 Å². The number of carbonyl (C=O) groups excluding carboxylic acids is 1. The van der Waals surface area contributed by atoms with Crippen molar-refractivity contribution in [3.8, 4) is 11.3 Å². The molecule has 132 valence electrons. The van der Waals surface area contributed by atoms with Crippen LogP contribution in [0.2, 0.25) is 0 Å². The van der Waals surface area contributed by atoms with Gasteiger partial charge in [0.15, 0.2) is 0 Å². The van der Waals surface area contributed by atoms with Crippen molar-refractivity contribution in [3.63, 3.8) is 0 Å². The van der Waals surface area contributed by atoms with Gasteiger partial charge in [-0.2, -0.15) is 13.2 Å². The van der Waals surface area contributed by atoms with E-state index in [1.54, 1.807) is 19.1 Å². The third-order valence-corrected chi connectivity index (χ3v) is 4.01. The number of halogens is 5. The van der Waals surface area contributed by atoms with Gasteiger partial charge in [-0.05, 0) is 36.8 Å². The van der Waals surface area contributed by atoms with Crippen molar-refractivity contribution in [3.05, 3.63) is 47.7 Å². The molecule has 0 spiro atoms. The van der Waals surface area contributed by atoms with E-state index in [0.29, 0.717) is 11.3 Å². The fourth-order valence-corrected chi connectivity index (χ4v) is 2.42. The SMILES string of the molecule is Cc1ccc(NC(=O)[C@@H]2CC2(F)F)cc1-c1ccc(C(F)(F)F)cn1. The lowest BCUT2D eigenvalue weighted by Crippen LogP contribution is -2.17. The topological polar surface area (TPSA) is 42.0 Å². The zero-order valence-electron chi connectivity index (χ0n) is 13.0. The quantitative estimate of drug-likeness (QED) is 0.812. The van der Waals surface area contributed by atoms with Gasteiger partial charge in [0, 0.05) is 23.9 Å². The molecule has 1 aliphatic carbocycles. The van der Waals surface area contributed by atoms with E-state index in [4.69, 9.17) is 0 Å². The maximum atomic E-state index is 12.9. The predicted octanol–water partition coefficient (Wildman–Crippen LogP) is 4.67. The maximum absolute atomic E-state index is 12.9. The average molecular weight is 356 g/mol. The number of nitrogens with one attached hydrogen (secondary N) is 1. The highest BCUT2D eigenvalue weighted by molar-refractivity contribution is 5.95. The van der Waals surface area contributed by atoms with Gasteiger partial charge in [0.1, 0.15) is 5.92 Å². The molecule has 0 radical (unpaired) electrons. The summed E-state index contributed by atoms with van der Waals surface area (Å²) in [4.78, 5) is 15.6. The Bertz CT molecular complexity index is 815. The highest BCUT2D eigenvalue weighted by atomic mass is 19.4. The minimum absolute atomic E-state index is 0.287. The standard InChI is InChI=1S/C17H13F5N2O/c1-9-2-4-11(24-15(25)13-7-16(13,18)19)6-12(9)14-5-3-10(8-23-14)17(20,21)22/h2-6,8,13H,7H2,1H3,(H,24,25)/t13-/m0/s1. The summed E-state index contributed by atoms with van der Waals surface area (Å²) in [5.74, 6) is -5.08. The molecule has 1 aromatic carbocycles. The number of benzene rings is 1. The number of aryl methyl sites for hydroxylation is 1. The number of rotatable bonds is 3. The largest absolute Gasteiger partial charge is 0.417 e. The van der Waals surface area contributed by atoms with Crippen LogP contribution in [-0.2, 0) is 11.0 Å². The van der Waals surface area contributed by atoms with E-state index in [-0.39, 0.29) is 5.69 Å². The van der Waals surface area contributed by atoms with Crippen LogP contribution in [0.15, 0.2) is 36.5 Å². The van der Waals surface area contributed by atoms with Gasteiger partial charge in [-0.15, -0.1) is 0 Å². The molecule has 1 fully saturated rings. The highest BCUT2D eigenvalue weighted by Gasteiger charge is 2.61. The summed E-state index contributed by atoms with van der Waals surface area (Å²) in [5, 5.41) is 2.41. The van der Waals surface area contributed by atoms with E-state index in [1.807, 2.05) is 0 Å². The van der Waals surface area contributed by atoms with E-state index in [0.717, 1.165) is 17.8 Å². The van der Waals surface area contributed by atoms with Crippen LogP contribution < -0.4 is 5.32 Å². The van der Waals surface area contributed by atoms with Gasteiger partial charge in [0.2, 0.25) is 5.91 Å². The van der Waals surface area contributed by atoms with Crippen molar-refractivity contribution >= 4 is 11.6 Å². The monoisotopic (exact) mass is 356 g/mol. The smallest absolute Gasteiger partial charge is 0.326 e. The van der Waals surface area contributed by atoms with E-state index < -0.39 is 35.9 Å². The second-order valence-electron chi connectivity index (χ2n) is 5.97. The molecule has 3 rings (SSSR count). The lowest BCUT2D eigenvalue weighted by molar-refractivity contribution is -0.137. The first-order valence-electron chi connectivity index (χ1n) is 7.41. The molecule has 1 atom stereocenters. The van der Waals surface area contributed by atoms with Gasteiger partial charge < -0.3 is 5.32 Å². The molecule has 0 unspecified atom stereocenters. The minimum Gasteiger partial charge on any atom is -0.326 e. The Balaban J connectivity index is 1.83. The first-order valence-corrected chi connectivity index (χ1v) is 7.41. The Morgan fingerprint density at radius 2 is 1.92 bits per heavy atom. The summed E-state index contributed by atoms with van der Waals surface area (Å²) < 4.78 is 63.7. The molecule has 3 nitrogen and oxygen atoms in total. The van der Waals surface area contributed by atoms with Crippen molar-refractivity contribution in [2.75, 3.05) is 5.32 Å². The molecule has 1 heterocycles. The van der Waals surface area contributed by atoms with Crippen LogP contribution >= 0.6 is 0 Å². The van der Waals surface area contributed by atoms with Crippen LogP contribution in [-0.4, -0.2) is 16.8 Å². The Kier molecular flexibility index (Phi) is 4.01. The molecule has 0 bridgehead atoms. The first kappa shape index (κ1) is 17.3. The number of anilines is 1. The molecule has 2 aromatic rings. The summed E-state index contributed by atoms with van der Waals surface area (Å²) in [6.07, 6.45) is -4.23. The van der Waals surface area contributed by atoms with Gasteiger partial charge in [0.05, 0.1) is 11.3 Å². The van der Waals surface area contributed by atoms with Crippen LogP contribution in [0.4, 0.5) is 27.6 Å². The summed E-state index contributed by atoms with van der Waals surface area (Å²) in [6, 6.07) is 6.82.